The zero-order valence-corrected chi connectivity index (χ0v) is 15.6. The molecule has 5 rings (SSSR count). The summed E-state index contributed by atoms with van der Waals surface area (Å²) in [5.74, 6) is 1.02. The number of rotatable bonds is 3. The van der Waals surface area contributed by atoms with E-state index in [1.165, 1.54) is 12.1 Å². The molecule has 0 spiro atoms. The third-order valence-corrected chi connectivity index (χ3v) is 6.29. The Morgan fingerprint density at radius 1 is 1.14 bits per heavy atom. The number of halogens is 2. The number of amides is 1. The SMILES string of the molecule is O=C(C1CC1c1ccc(F)cc1F)N1CCC(c2nnc3n2CCNC3)CC1. The van der Waals surface area contributed by atoms with Crippen LogP contribution >= 0.6 is 0 Å². The third-order valence-electron chi connectivity index (χ3n) is 6.29. The Bertz CT molecular complexity index is 906. The number of piperidine rings is 1. The topological polar surface area (TPSA) is 63.1 Å². The first-order valence-corrected chi connectivity index (χ1v) is 9.98. The molecule has 1 aromatic heterocycles. The molecular weight excluding hydrogens is 364 g/mol. The largest absolute Gasteiger partial charge is 0.342 e. The molecule has 1 aliphatic carbocycles. The molecule has 2 fully saturated rings. The highest BCUT2D eigenvalue weighted by Gasteiger charge is 2.47. The number of fused-ring (bicyclic) bond motifs is 1. The van der Waals surface area contributed by atoms with Crippen molar-refractivity contribution in [2.75, 3.05) is 19.6 Å². The van der Waals surface area contributed by atoms with Gasteiger partial charge >= 0.3 is 0 Å². The number of hydrogen-bond acceptors (Lipinski definition) is 4. The van der Waals surface area contributed by atoms with Gasteiger partial charge in [0, 0.05) is 44.1 Å². The molecule has 1 amide bonds. The summed E-state index contributed by atoms with van der Waals surface area (Å²) in [6.07, 6.45) is 2.39. The second-order valence-corrected chi connectivity index (χ2v) is 8.02. The van der Waals surface area contributed by atoms with Gasteiger partial charge in [-0.3, -0.25) is 4.79 Å². The molecule has 1 saturated carbocycles. The van der Waals surface area contributed by atoms with Crippen molar-refractivity contribution in [3.05, 3.63) is 47.0 Å². The van der Waals surface area contributed by atoms with Gasteiger partial charge in [0.1, 0.15) is 23.3 Å². The maximum Gasteiger partial charge on any atom is 0.226 e. The summed E-state index contributed by atoms with van der Waals surface area (Å²) in [5, 5.41) is 12.0. The lowest BCUT2D eigenvalue weighted by molar-refractivity contribution is -0.133. The Morgan fingerprint density at radius 3 is 2.75 bits per heavy atom. The van der Waals surface area contributed by atoms with E-state index in [0.29, 0.717) is 31.0 Å². The fraction of sp³-hybridized carbons (Fsp3) is 0.550. The average Bonchev–Trinajstić information content (AvgIpc) is 3.38. The third kappa shape index (κ3) is 3.09. The Morgan fingerprint density at radius 2 is 1.96 bits per heavy atom. The number of aromatic nitrogens is 3. The van der Waals surface area contributed by atoms with Gasteiger partial charge in [-0.05, 0) is 36.8 Å². The van der Waals surface area contributed by atoms with E-state index in [1.54, 1.807) is 0 Å². The van der Waals surface area contributed by atoms with Crippen LogP contribution < -0.4 is 5.32 Å². The highest BCUT2D eigenvalue weighted by atomic mass is 19.1. The van der Waals surface area contributed by atoms with E-state index >= 15 is 0 Å². The second kappa shape index (κ2) is 6.92. The molecule has 2 unspecified atom stereocenters. The van der Waals surface area contributed by atoms with Crippen LogP contribution in [-0.2, 0) is 17.9 Å². The molecule has 2 atom stereocenters. The van der Waals surface area contributed by atoms with Crippen LogP contribution in [0.25, 0.3) is 0 Å². The Balaban J connectivity index is 1.21. The van der Waals surface area contributed by atoms with Gasteiger partial charge in [-0.1, -0.05) is 6.07 Å². The van der Waals surface area contributed by atoms with Gasteiger partial charge in [-0.15, -0.1) is 10.2 Å². The molecule has 0 bridgehead atoms. The Kier molecular flexibility index (Phi) is 4.38. The molecule has 148 valence electrons. The normalized spacial score (nSPS) is 24.9. The van der Waals surface area contributed by atoms with Crippen molar-refractivity contribution in [3.8, 4) is 0 Å². The highest BCUT2D eigenvalue weighted by molar-refractivity contribution is 5.83. The predicted octanol–water partition coefficient (Wildman–Crippen LogP) is 2.17. The number of hydrogen-bond donors (Lipinski definition) is 1. The lowest BCUT2D eigenvalue weighted by atomic mass is 9.95. The number of nitrogens with one attached hydrogen (secondary N) is 1. The van der Waals surface area contributed by atoms with Crippen LogP contribution in [0.2, 0.25) is 0 Å². The summed E-state index contributed by atoms with van der Waals surface area (Å²) < 4.78 is 29.3. The quantitative estimate of drug-likeness (QED) is 0.877. The van der Waals surface area contributed by atoms with Crippen molar-refractivity contribution >= 4 is 5.91 Å². The van der Waals surface area contributed by atoms with Crippen LogP contribution in [0.4, 0.5) is 8.78 Å². The maximum absolute atomic E-state index is 14.0. The molecule has 2 aromatic rings. The van der Waals surface area contributed by atoms with E-state index < -0.39 is 11.6 Å². The summed E-state index contributed by atoms with van der Waals surface area (Å²) in [5.41, 5.74) is 0.457. The summed E-state index contributed by atoms with van der Waals surface area (Å²) in [6, 6.07) is 3.63. The standard InChI is InChI=1S/C20H23F2N5O/c21-13-1-2-14(17(22)9-13)15-10-16(15)20(28)26-6-3-12(4-7-26)19-25-24-18-11-23-5-8-27(18)19/h1-2,9,12,15-16,23H,3-8,10-11H2. The molecule has 3 heterocycles. The first kappa shape index (κ1) is 17.7. The zero-order chi connectivity index (χ0) is 19.3. The van der Waals surface area contributed by atoms with Crippen molar-refractivity contribution in [1.82, 2.24) is 25.0 Å². The lowest BCUT2D eigenvalue weighted by Crippen LogP contribution is -2.40. The van der Waals surface area contributed by atoms with Crippen LogP contribution in [-0.4, -0.2) is 45.2 Å². The van der Waals surface area contributed by atoms with Crippen molar-refractivity contribution in [2.45, 2.75) is 44.2 Å². The second-order valence-electron chi connectivity index (χ2n) is 8.02. The van der Waals surface area contributed by atoms with Gasteiger partial charge in [0.15, 0.2) is 0 Å². The van der Waals surface area contributed by atoms with Crippen molar-refractivity contribution in [3.63, 3.8) is 0 Å². The molecule has 0 radical (unpaired) electrons. The molecule has 1 saturated heterocycles. The molecule has 6 nitrogen and oxygen atoms in total. The predicted molar refractivity (Wildman–Crippen MR) is 97.5 cm³/mol. The monoisotopic (exact) mass is 387 g/mol. The Hall–Kier alpha value is -2.35. The van der Waals surface area contributed by atoms with Gasteiger partial charge in [-0.2, -0.15) is 0 Å². The molecular formula is C20H23F2N5O. The van der Waals surface area contributed by atoms with Crippen molar-refractivity contribution in [2.24, 2.45) is 5.92 Å². The number of carbonyl (C=O) groups is 1. The molecule has 28 heavy (non-hydrogen) atoms. The van der Waals surface area contributed by atoms with Crippen LogP contribution in [0.3, 0.4) is 0 Å². The van der Waals surface area contributed by atoms with Gasteiger partial charge in [0.25, 0.3) is 0 Å². The van der Waals surface area contributed by atoms with Crippen LogP contribution in [0.15, 0.2) is 18.2 Å². The number of likely N-dealkylation sites (tertiary alicyclic amines) is 1. The highest BCUT2D eigenvalue weighted by Crippen LogP contribution is 2.49. The number of carbonyl (C=O) groups excluding carboxylic acids is 1. The van der Waals surface area contributed by atoms with Gasteiger partial charge in [0.05, 0.1) is 6.54 Å². The average molecular weight is 387 g/mol. The fourth-order valence-electron chi connectivity index (χ4n) is 4.62. The van der Waals surface area contributed by atoms with Gasteiger partial charge < -0.3 is 14.8 Å². The van der Waals surface area contributed by atoms with E-state index in [9.17, 15) is 13.6 Å². The van der Waals surface area contributed by atoms with E-state index in [0.717, 1.165) is 50.2 Å². The van der Waals surface area contributed by atoms with Crippen molar-refractivity contribution in [1.29, 1.82) is 0 Å². The minimum absolute atomic E-state index is 0.0969. The lowest BCUT2D eigenvalue weighted by Gasteiger charge is -2.32. The van der Waals surface area contributed by atoms with E-state index in [4.69, 9.17) is 0 Å². The minimum atomic E-state index is -0.585. The number of nitrogens with zero attached hydrogens (tertiary/aromatic N) is 4. The van der Waals surface area contributed by atoms with Gasteiger partial charge in [-0.25, -0.2) is 8.78 Å². The summed E-state index contributed by atoms with van der Waals surface area (Å²) in [6.45, 7) is 3.97. The zero-order valence-electron chi connectivity index (χ0n) is 15.6. The Labute approximate surface area is 161 Å². The van der Waals surface area contributed by atoms with Crippen molar-refractivity contribution < 1.29 is 13.6 Å². The van der Waals surface area contributed by atoms with E-state index in [2.05, 4.69) is 20.1 Å². The van der Waals surface area contributed by atoms with Crippen LogP contribution in [0.1, 0.15) is 48.3 Å². The smallest absolute Gasteiger partial charge is 0.226 e. The molecule has 2 aliphatic heterocycles. The first-order chi connectivity index (χ1) is 13.6. The van der Waals surface area contributed by atoms with Gasteiger partial charge in [0.2, 0.25) is 5.91 Å². The minimum Gasteiger partial charge on any atom is -0.342 e. The van der Waals surface area contributed by atoms with Crippen LogP contribution in [0, 0.1) is 17.6 Å². The first-order valence-electron chi connectivity index (χ1n) is 9.98. The fourth-order valence-corrected chi connectivity index (χ4v) is 4.62. The van der Waals surface area contributed by atoms with E-state index in [1.807, 2.05) is 4.90 Å². The van der Waals surface area contributed by atoms with Crippen LogP contribution in [0.5, 0.6) is 0 Å². The molecule has 3 aliphatic rings. The summed E-state index contributed by atoms with van der Waals surface area (Å²) >= 11 is 0. The van der Waals surface area contributed by atoms with E-state index in [-0.39, 0.29) is 17.7 Å². The molecule has 1 N–H and O–H groups in total. The summed E-state index contributed by atoms with van der Waals surface area (Å²) in [7, 11) is 0. The summed E-state index contributed by atoms with van der Waals surface area (Å²) in [4.78, 5) is 14.7. The molecule has 8 heteroatoms. The number of benzene rings is 1. The maximum atomic E-state index is 14.0. The molecule has 1 aromatic carbocycles.